The van der Waals surface area contributed by atoms with Gasteiger partial charge in [-0.05, 0) is 12.3 Å². The van der Waals surface area contributed by atoms with Crippen molar-refractivity contribution in [1.29, 1.82) is 0 Å². The zero-order valence-corrected chi connectivity index (χ0v) is 7.17. The molecule has 1 atom stereocenters. The molecule has 1 heterocycles. The molecule has 3 heteroatoms. The Hall–Kier alpha value is -0.570. The van der Waals surface area contributed by atoms with E-state index < -0.39 is 5.97 Å². The van der Waals surface area contributed by atoms with Crippen LogP contribution in [0.2, 0.25) is 0 Å². The molecule has 0 amide bonds. The lowest BCUT2D eigenvalue weighted by Gasteiger charge is -1.99. The van der Waals surface area contributed by atoms with Crippen molar-refractivity contribution in [2.75, 3.05) is 13.2 Å². The van der Waals surface area contributed by atoms with E-state index in [4.69, 9.17) is 9.84 Å². The molecule has 0 radical (unpaired) electrons. The van der Waals surface area contributed by atoms with Gasteiger partial charge in [0.2, 0.25) is 0 Å². The predicted octanol–water partition coefficient (Wildman–Crippen LogP) is 1.52. The minimum atomic E-state index is -0.717. The molecular weight excluding hydrogens is 144 g/mol. The van der Waals surface area contributed by atoms with Crippen molar-refractivity contribution in [2.45, 2.75) is 26.7 Å². The fraction of sp³-hybridized carbons (Fsp3) is 0.875. The quantitative estimate of drug-likeness (QED) is 0.666. The van der Waals surface area contributed by atoms with Gasteiger partial charge in [-0.2, -0.15) is 0 Å². The summed E-state index contributed by atoms with van der Waals surface area (Å²) >= 11 is 0. The van der Waals surface area contributed by atoms with Crippen molar-refractivity contribution in [1.82, 2.24) is 0 Å². The monoisotopic (exact) mass is 160 g/mol. The SMILES string of the molecule is CC.O=C(O)C[C@H]1CCOC1. The minimum Gasteiger partial charge on any atom is -0.481 e. The highest BCUT2D eigenvalue weighted by Gasteiger charge is 2.17. The number of hydrogen-bond donors (Lipinski definition) is 1. The van der Waals surface area contributed by atoms with Crippen LogP contribution in [0.3, 0.4) is 0 Å². The van der Waals surface area contributed by atoms with Crippen LogP contribution >= 0.6 is 0 Å². The molecule has 1 saturated heterocycles. The predicted molar refractivity (Wildman–Crippen MR) is 42.5 cm³/mol. The summed E-state index contributed by atoms with van der Waals surface area (Å²) in [5, 5.41) is 8.32. The smallest absolute Gasteiger partial charge is 0.303 e. The van der Waals surface area contributed by atoms with E-state index in [1.54, 1.807) is 0 Å². The maximum atomic E-state index is 10.1. The lowest BCUT2D eigenvalue weighted by molar-refractivity contribution is -0.138. The molecular formula is C8H16O3. The van der Waals surface area contributed by atoms with Gasteiger partial charge in [0, 0.05) is 6.61 Å². The molecule has 66 valence electrons. The third-order valence-corrected chi connectivity index (χ3v) is 1.49. The molecule has 3 nitrogen and oxygen atoms in total. The van der Waals surface area contributed by atoms with Crippen LogP contribution < -0.4 is 0 Å². The second-order valence-electron chi connectivity index (χ2n) is 2.33. The van der Waals surface area contributed by atoms with Crippen LogP contribution in [-0.2, 0) is 9.53 Å². The van der Waals surface area contributed by atoms with Crippen LogP contribution in [0.5, 0.6) is 0 Å². The molecule has 0 aromatic heterocycles. The summed E-state index contributed by atoms with van der Waals surface area (Å²) in [5.41, 5.74) is 0. The summed E-state index contributed by atoms with van der Waals surface area (Å²) in [6.45, 7) is 5.37. The molecule has 0 bridgehead atoms. The molecule has 0 spiro atoms. The molecule has 1 rings (SSSR count). The summed E-state index contributed by atoms with van der Waals surface area (Å²) in [7, 11) is 0. The first-order valence-electron chi connectivity index (χ1n) is 4.08. The molecule has 1 aliphatic rings. The van der Waals surface area contributed by atoms with Gasteiger partial charge in [0.1, 0.15) is 0 Å². The third-order valence-electron chi connectivity index (χ3n) is 1.49. The topological polar surface area (TPSA) is 46.5 Å². The fourth-order valence-electron chi connectivity index (χ4n) is 0.991. The van der Waals surface area contributed by atoms with E-state index in [9.17, 15) is 4.79 Å². The van der Waals surface area contributed by atoms with Gasteiger partial charge in [0.05, 0.1) is 13.0 Å². The standard InChI is InChI=1S/C6H10O3.C2H6/c7-6(8)3-5-1-2-9-4-5;1-2/h5H,1-4H2,(H,7,8);1-2H3/t5-;/m1./s1. The van der Waals surface area contributed by atoms with E-state index in [1.165, 1.54) is 0 Å². The van der Waals surface area contributed by atoms with Gasteiger partial charge in [-0.3, -0.25) is 4.79 Å². The van der Waals surface area contributed by atoms with E-state index in [-0.39, 0.29) is 12.3 Å². The van der Waals surface area contributed by atoms with E-state index in [0.29, 0.717) is 6.61 Å². The summed E-state index contributed by atoms with van der Waals surface area (Å²) in [6.07, 6.45) is 1.17. The molecule has 1 fully saturated rings. The molecule has 1 aliphatic heterocycles. The van der Waals surface area contributed by atoms with Gasteiger partial charge in [0.25, 0.3) is 0 Å². The Labute approximate surface area is 67.4 Å². The summed E-state index contributed by atoms with van der Waals surface area (Å²) in [4.78, 5) is 10.1. The summed E-state index contributed by atoms with van der Waals surface area (Å²) in [6, 6.07) is 0. The first kappa shape index (κ1) is 10.4. The highest BCUT2D eigenvalue weighted by molar-refractivity contribution is 5.67. The van der Waals surface area contributed by atoms with Crippen molar-refractivity contribution >= 4 is 5.97 Å². The van der Waals surface area contributed by atoms with Crippen molar-refractivity contribution < 1.29 is 14.6 Å². The van der Waals surface area contributed by atoms with Gasteiger partial charge < -0.3 is 9.84 Å². The molecule has 0 aromatic carbocycles. The molecule has 11 heavy (non-hydrogen) atoms. The Morgan fingerprint density at radius 2 is 2.27 bits per heavy atom. The number of rotatable bonds is 2. The zero-order valence-electron chi connectivity index (χ0n) is 7.17. The number of carbonyl (C=O) groups is 1. The second kappa shape index (κ2) is 6.16. The van der Waals surface area contributed by atoms with Crippen LogP contribution in [0.15, 0.2) is 0 Å². The van der Waals surface area contributed by atoms with Crippen molar-refractivity contribution in [2.24, 2.45) is 5.92 Å². The lowest BCUT2D eigenvalue weighted by Crippen LogP contribution is -2.06. The summed E-state index contributed by atoms with van der Waals surface area (Å²) in [5.74, 6) is -0.451. The number of carboxylic acids is 1. The molecule has 0 saturated carbocycles. The Balaban J connectivity index is 0.000000461. The van der Waals surface area contributed by atoms with Crippen molar-refractivity contribution in [3.8, 4) is 0 Å². The van der Waals surface area contributed by atoms with Gasteiger partial charge in [-0.1, -0.05) is 13.8 Å². The van der Waals surface area contributed by atoms with Crippen molar-refractivity contribution in [3.05, 3.63) is 0 Å². The lowest BCUT2D eigenvalue weighted by atomic mass is 10.1. The van der Waals surface area contributed by atoms with Crippen LogP contribution in [0.4, 0.5) is 0 Å². The average molecular weight is 160 g/mol. The second-order valence-corrected chi connectivity index (χ2v) is 2.33. The highest BCUT2D eigenvalue weighted by atomic mass is 16.5. The Morgan fingerprint density at radius 1 is 1.64 bits per heavy atom. The third kappa shape index (κ3) is 4.79. The van der Waals surface area contributed by atoms with Crippen molar-refractivity contribution in [3.63, 3.8) is 0 Å². The van der Waals surface area contributed by atoms with Gasteiger partial charge in [-0.25, -0.2) is 0 Å². The molecule has 1 N–H and O–H groups in total. The largest absolute Gasteiger partial charge is 0.481 e. The number of carboxylic acid groups (broad SMARTS) is 1. The maximum Gasteiger partial charge on any atom is 0.303 e. The van der Waals surface area contributed by atoms with Gasteiger partial charge in [-0.15, -0.1) is 0 Å². The van der Waals surface area contributed by atoms with E-state index in [1.807, 2.05) is 13.8 Å². The van der Waals surface area contributed by atoms with E-state index in [0.717, 1.165) is 13.0 Å². The molecule has 0 aliphatic carbocycles. The van der Waals surface area contributed by atoms with Crippen LogP contribution in [0.25, 0.3) is 0 Å². The Kier molecular flexibility index (Phi) is 5.84. The Morgan fingerprint density at radius 3 is 2.64 bits per heavy atom. The normalized spacial score (nSPS) is 22.2. The van der Waals surface area contributed by atoms with Gasteiger partial charge in [0.15, 0.2) is 0 Å². The Bertz CT molecular complexity index is 106. The van der Waals surface area contributed by atoms with Crippen LogP contribution in [0.1, 0.15) is 26.7 Å². The van der Waals surface area contributed by atoms with E-state index >= 15 is 0 Å². The van der Waals surface area contributed by atoms with Gasteiger partial charge >= 0.3 is 5.97 Å². The number of hydrogen-bond acceptors (Lipinski definition) is 2. The molecule has 0 aromatic rings. The summed E-state index contributed by atoms with van der Waals surface area (Å²) < 4.78 is 4.99. The zero-order chi connectivity index (χ0) is 8.69. The maximum absolute atomic E-state index is 10.1. The minimum absolute atomic E-state index is 0.264. The fourth-order valence-corrected chi connectivity index (χ4v) is 0.991. The average Bonchev–Trinajstić information content (AvgIpc) is 2.43. The van der Waals surface area contributed by atoms with E-state index in [2.05, 4.69) is 0 Å². The number of ether oxygens (including phenoxy) is 1. The number of aliphatic carboxylic acids is 1. The highest BCUT2D eigenvalue weighted by Crippen LogP contribution is 2.15. The van der Waals surface area contributed by atoms with Crippen LogP contribution in [0, 0.1) is 5.92 Å². The van der Waals surface area contributed by atoms with Crippen LogP contribution in [-0.4, -0.2) is 24.3 Å². The molecule has 0 unspecified atom stereocenters. The first-order valence-corrected chi connectivity index (χ1v) is 4.08. The first-order chi connectivity index (χ1) is 5.29.